The van der Waals surface area contributed by atoms with E-state index in [4.69, 9.17) is 25.3 Å². The topological polar surface area (TPSA) is 234 Å². The zero-order valence-electron chi connectivity index (χ0n) is 34.5. The number of carbonyl (C=O) groups excluding carboxylic acids is 3. The molecule has 2 aliphatic carbocycles. The van der Waals surface area contributed by atoms with Gasteiger partial charge < -0.3 is 30.4 Å². The number of aromatic nitrogens is 4. The first-order chi connectivity index (χ1) is 26.6. The predicted octanol–water partition coefficient (Wildman–Crippen LogP) is 5.85. The van der Waals surface area contributed by atoms with E-state index in [1.807, 2.05) is 20.8 Å². The zero-order chi connectivity index (χ0) is 41.1. The molecule has 2 heterocycles. The summed E-state index contributed by atoms with van der Waals surface area (Å²) in [6, 6.07) is 0. The Kier molecular flexibility index (Phi) is 19.9. The number of likely N-dealkylation sites (N-methyl/N-ethyl adjacent to an activating group) is 2. The Morgan fingerprint density at radius 3 is 1.52 bits per heavy atom. The molecule has 2 aromatic heterocycles. The molecule has 0 radical (unpaired) electrons. The number of rotatable bonds is 22. The van der Waals surface area contributed by atoms with Gasteiger partial charge in [0.05, 0.1) is 39.0 Å². The molecule has 2 atom stereocenters. The number of carbonyl (C=O) groups is 4. The highest BCUT2D eigenvalue weighted by Crippen LogP contribution is 2.33. The minimum atomic E-state index is -0.863. The van der Waals surface area contributed by atoms with E-state index >= 15 is 0 Å². The first-order valence-electron chi connectivity index (χ1n) is 20.6. The quantitative estimate of drug-likeness (QED) is 0.119. The van der Waals surface area contributed by atoms with Crippen molar-refractivity contribution in [2.24, 2.45) is 23.3 Å². The Bertz CT molecular complexity index is 1480. The molecular formula is C40H68N8O8. The number of carboxylic acid groups (broad SMARTS) is 1. The molecule has 0 aromatic carbocycles. The van der Waals surface area contributed by atoms with Gasteiger partial charge in [-0.05, 0) is 59.5 Å². The van der Waals surface area contributed by atoms with Gasteiger partial charge in [-0.2, -0.15) is 9.97 Å². The number of primary amides is 2. The van der Waals surface area contributed by atoms with E-state index in [-0.39, 0.29) is 43.7 Å². The average Bonchev–Trinajstić information content (AvgIpc) is 3.77. The van der Waals surface area contributed by atoms with Gasteiger partial charge >= 0.3 is 11.9 Å². The molecule has 16 heteroatoms. The number of aliphatic carboxylic acids is 1. The summed E-state index contributed by atoms with van der Waals surface area (Å²) >= 11 is 0. The molecule has 0 bridgehead atoms. The molecule has 0 unspecified atom stereocenters. The van der Waals surface area contributed by atoms with Crippen molar-refractivity contribution in [2.75, 3.05) is 27.2 Å². The van der Waals surface area contributed by atoms with Crippen LogP contribution in [0.5, 0.6) is 0 Å². The maximum Gasteiger partial charge on any atom is 0.307 e. The van der Waals surface area contributed by atoms with Gasteiger partial charge in [0.25, 0.3) is 0 Å². The van der Waals surface area contributed by atoms with E-state index < -0.39 is 23.4 Å². The molecule has 0 spiro atoms. The van der Waals surface area contributed by atoms with Gasteiger partial charge in [0.1, 0.15) is 5.60 Å². The van der Waals surface area contributed by atoms with Crippen LogP contribution in [0.3, 0.4) is 0 Å². The lowest BCUT2D eigenvalue weighted by Crippen LogP contribution is -2.30. The molecule has 4 rings (SSSR count). The highest BCUT2D eigenvalue weighted by molar-refractivity contribution is 5.76. The van der Waals surface area contributed by atoms with E-state index in [9.17, 15) is 24.3 Å². The monoisotopic (exact) mass is 789 g/mol. The van der Waals surface area contributed by atoms with Crippen LogP contribution in [0.2, 0.25) is 0 Å². The Balaban J connectivity index is 0.000000303. The van der Waals surface area contributed by atoms with Crippen molar-refractivity contribution in [3.63, 3.8) is 0 Å². The standard InChI is InChI=1S/C22H38N4O4.C18H30N4O4/c1-22(2,3)29-20(28)13-17(12-8-11-16-9-6-5-7-10-16)21-24-19(25-30-21)15-26(4)14-18(23)27;1-22(11-15(19)23)12-16-20-18(26-21-16)14(10-17(24)25)9-5-8-13-6-3-2-4-7-13/h16-17H,5-15H2,1-4H3,(H2,23,27);13-14H,2-12H2,1H3,(H2,19,23)(H,24,25)/t17-;14-/m11/s1. The highest BCUT2D eigenvalue weighted by atomic mass is 16.6. The van der Waals surface area contributed by atoms with Crippen molar-refractivity contribution in [3.8, 4) is 0 Å². The smallest absolute Gasteiger partial charge is 0.307 e. The molecule has 0 saturated heterocycles. The summed E-state index contributed by atoms with van der Waals surface area (Å²) in [5.74, 6) is 0.942. The lowest BCUT2D eigenvalue weighted by atomic mass is 9.84. The number of carboxylic acids is 1. The largest absolute Gasteiger partial charge is 0.481 e. The molecule has 2 aliphatic rings. The van der Waals surface area contributed by atoms with Crippen LogP contribution in [0.15, 0.2) is 9.05 Å². The van der Waals surface area contributed by atoms with Gasteiger partial charge in [-0.3, -0.25) is 29.0 Å². The van der Waals surface area contributed by atoms with Gasteiger partial charge in [-0.1, -0.05) is 100 Å². The fraction of sp³-hybridized carbons (Fsp3) is 0.800. The minimum Gasteiger partial charge on any atom is -0.481 e. The maximum atomic E-state index is 12.4. The fourth-order valence-corrected chi connectivity index (χ4v) is 7.80. The van der Waals surface area contributed by atoms with Crippen molar-refractivity contribution >= 4 is 23.8 Å². The highest BCUT2D eigenvalue weighted by Gasteiger charge is 2.27. The van der Waals surface area contributed by atoms with Crippen LogP contribution < -0.4 is 11.5 Å². The van der Waals surface area contributed by atoms with Crippen molar-refractivity contribution in [3.05, 3.63) is 23.4 Å². The maximum absolute atomic E-state index is 12.4. The Morgan fingerprint density at radius 2 is 1.14 bits per heavy atom. The van der Waals surface area contributed by atoms with Crippen LogP contribution in [-0.2, 0) is 37.0 Å². The summed E-state index contributed by atoms with van der Waals surface area (Å²) in [7, 11) is 3.50. The minimum absolute atomic E-state index is 0.0105. The van der Waals surface area contributed by atoms with Gasteiger partial charge in [0.2, 0.25) is 23.6 Å². The molecular weight excluding hydrogens is 720 g/mol. The second kappa shape index (κ2) is 24.0. The van der Waals surface area contributed by atoms with Crippen LogP contribution in [0, 0.1) is 11.8 Å². The molecule has 2 fully saturated rings. The fourth-order valence-electron chi connectivity index (χ4n) is 7.80. The number of nitrogens with zero attached hydrogens (tertiary/aromatic N) is 6. The van der Waals surface area contributed by atoms with Crippen LogP contribution in [0.4, 0.5) is 0 Å². The molecule has 16 nitrogen and oxygen atoms in total. The van der Waals surface area contributed by atoms with Crippen LogP contribution in [0.25, 0.3) is 0 Å². The summed E-state index contributed by atoms with van der Waals surface area (Å²) in [6.45, 7) is 6.49. The lowest BCUT2D eigenvalue weighted by molar-refractivity contribution is -0.155. The molecule has 2 amide bonds. The van der Waals surface area contributed by atoms with E-state index in [0.29, 0.717) is 36.5 Å². The van der Waals surface area contributed by atoms with E-state index in [1.54, 1.807) is 23.9 Å². The number of hydrogen-bond acceptors (Lipinski definition) is 13. The molecule has 316 valence electrons. The van der Waals surface area contributed by atoms with Gasteiger partial charge in [-0.25, -0.2) is 0 Å². The Hall–Kier alpha value is -3.92. The van der Waals surface area contributed by atoms with E-state index in [2.05, 4.69) is 20.3 Å². The van der Waals surface area contributed by atoms with E-state index in [0.717, 1.165) is 43.9 Å². The molecule has 0 aliphatic heterocycles. The third-order valence-electron chi connectivity index (χ3n) is 10.4. The number of hydrogen-bond donors (Lipinski definition) is 3. The molecule has 2 saturated carbocycles. The first kappa shape index (κ1) is 46.5. The van der Waals surface area contributed by atoms with Crippen molar-refractivity contribution in [2.45, 2.75) is 167 Å². The number of nitrogens with two attached hydrogens (primary N) is 2. The Morgan fingerprint density at radius 1 is 0.732 bits per heavy atom. The summed E-state index contributed by atoms with van der Waals surface area (Å²) in [4.78, 5) is 57.9. The van der Waals surface area contributed by atoms with Crippen molar-refractivity contribution < 1.29 is 38.1 Å². The SMILES string of the molecule is CN(CC(N)=O)Cc1noc([C@H](CCCC2CCCCC2)CC(=O)O)n1.CN(CC(N)=O)Cc1noc([C@H](CCCC2CCCCC2)CC(=O)OC(C)(C)C)n1. The van der Waals surface area contributed by atoms with Gasteiger partial charge in [0, 0.05) is 11.8 Å². The number of esters is 1. The summed E-state index contributed by atoms with van der Waals surface area (Å²) in [5, 5.41) is 17.1. The van der Waals surface area contributed by atoms with Crippen molar-refractivity contribution in [1.29, 1.82) is 0 Å². The van der Waals surface area contributed by atoms with Crippen LogP contribution in [0.1, 0.15) is 172 Å². The van der Waals surface area contributed by atoms with Crippen LogP contribution in [-0.4, -0.2) is 91.7 Å². The lowest BCUT2D eigenvalue weighted by Gasteiger charge is -2.23. The van der Waals surface area contributed by atoms with Gasteiger partial charge in [-0.15, -0.1) is 0 Å². The zero-order valence-corrected chi connectivity index (χ0v) is 34.5. The third kappa shape index (κ3) is 19.3. The van der Waals surface area contributed by atoms with Crippen LogP contribution >= 0.6 is 0 Å². The summed E-state index contributed by atoms with van der Waals surface area (Å²) in [5.41, 5.74) is 9.86. The predicted molar refractivity (Wildman–Crippen MR) is 209 cm³/mol. The van der Waals surface area contributed by atoms with Crippen molar-refractivity contribution in [1.82, 2.24) is 30.1 Å². The second-order valence-corrected chi connectivity index (χ2v) is 17.0. The summed E-state index contributed by atoms with van der Waals surface area (Å²) < 4.78 is 16.3. The normalized spacial score (nSPS) is 16.6. The second-order valence-electron chi connectivity index (χ2n) is 17.0. The average molecular weight is 789 g/mol. The van der Waals surface area contributed by atoms with Gasteiger partial charge in [0.15, 0.2) is 11.6 Å². The first-order valence-corrected chi connectivity index (χ1v) is 20.6. The Labute approximate surface area is 332 Å². The van der Waals surface area contributed by atoms with E-state index in [1.165, 1.54) is 70.6 Å². The molecule has 5 N–H and O–H groups in total. The molecule has 56 heavy (non-hydrogen) atoms. The third-order valence-corrected chi connectivity index (χ3v) is 10.4. The summed E-state index contributed by atoms with van der Waals surface area (Å²) in [6.07, 6.45) is 19.3. The number of amides is 2. The molecule has 2 aromatic rings. The number of ether oxygens (including phenoxy) is 1.